The largest absolute Gasteiger partial charge is 0.366 e. The molecule has 0 aromatic heterocycles. The third kappa shape index (κ3) is 4.14. The lowest BCUT2D eigenvalue weighted by Gasteiger charge is -2.37. The Bertz CT molecular complexity index is 1050. The van der Waals surface area contributed by atoms with E-state index in [1.807, 2.05) is 32.0 Å². The summed E-state index contributed by atoms with van der Waals surface area (Å²) in [6.45, 7) is 10.1. The number of piperidine rings is 1. The van der Waals surface area contributed by atoms with Crippen LogP contribution in [0.3, 0.4) is 0 Å². The number of halogens is 1. The molecule has 0 spiro atoms. The fourth-order valence-electron chi connectivity index (χ4n) is 4.78. The molecular formula is C26H29FN2O2. The first-order valence-electron chi connectivity index (χ1n) is 10.9. The second kappa shape index (κ2) is 8.29. The third-order valence-electron chi connectivity index (χ3n) is 6.38. The summed E-state index contributed by atoms with van der Waals surface area (Å²) in [5.74, 6) is 0.0219. The first-order valence-corrected chi connectivity index (χ1v) is 10.9. The Morgan fingerprint density at radius 3 is 2.16 bits per heavy atom. The van der Waals surface area contributed by atoms with Gasteiger partial charge in [0.05, 0.1) is 12.1 Å². The molecule has 0 saturated carbocycles. The lowest BCUT2D eigenvalue weighted by atomic mass is 9.90. The molecule has 2 unspecified atom stereocenters. The molecule has 0 bridgehead atoms. The first-order chi connectivity index (χ1) is 14.7. The number of carbonyl (C=O) groups is 2. The summed E-state index contributed by atoms with van der Waals surface area (Å²) in [6, 6.07) is 11.9. The highest BCUT2D eigenvalue weighted by Crippen LogP contribution is 2.36. The van der Waals surface area contributed by atoms with Crippen molar-refractivity contribution < 1.29 is 14.0 Å². The molecule has 5 heteroatoms. The Morgan fingerprint density at radius 1 is 0.903 bits per heavy atom. The molecule has 0 N–H and O–H groups in total. The first kappa shape index (κ1) is 21.3. The van der Waals surface area contributed by atoms with E-state index in [0.717, 1.165) is 41.8 Å². The van der Waals surface area contributed by atoms with Gasteiger partial charge in [0.25, 0.3) is 11.8 Å². The van der Waals surface area contributed by atoms with Crippen molar-refractivity contribution in [3.63, 3.8) is 0 Å². The van der Waals surface area contributed by atoms with E-state index in [-0.39, 0.29) is 24.2 Å². The van der Waals surface area contributed by atoms with Gasteiger partial charge in [-0.3, -0.25) is 14.5 Å². The van der Waals surface area contributed by atoms with Crippen LogP contribution in [0.15, 0.2) is 48.2 Å². The predicted octanol–water partition coefficient (Wildman–Crippen LogP) is 4.70. The van der Waals surface area contributed by atoms with Crippen molar-refractivity contribution in [1.29, 1.82) is 0 Å². The molecule has 2 heterocycles. The maximum absolute atomic E-state index is 13.6. The monoisotopic (exact) mass is 420 g/mol. The lowest BCUT2D eigenvalue weighted by molar-refractivity contribution is -0.138. The minimum absolute atomic E-state index is 0.134. The molecule has 2 amide bonds. The molecule has 4 rings (SSSR count). The molecule has 1 saturated heterocycles. The molecule has 2 atom stereocenters. The van der Waals surface area contributed by atoms with Gasteiger partial charge < -0.3 is 4.90 Å². The van der Waals surface area contributed by atoms with Crippen molar-refractivity contribution >= 4 is 17.4 Å². The van der Waals surface area contributed by atoms with Gasteiger partial charge in [0.1, 0.15) is 11.5 Å². The fourth-order valence-corrected chi connectivity index (χ4v) is 4.78. The minimum Gasteiger partial charge on any atom is -0.366 e. The molecule has 0 aliphatic carbocycles. The maximum Gasteiger partial charge on any atom is 0.278 e. The average Bonchev–Trinajstić information content (AvgIpc) is 2.95. The molecule has 0 radical (unpaired) electrons. The van der Waals surface area contributed by atoms with Crippen molar-refractivity contribution in [2.75, 3.05) is 13.1 Å². The zero-order valence-electron chi connectivity index (χ0n) is 18.6. The van der Waals surface area contributed by atoms with Gasteiger partial charge in [-0.1, -0.05) is 44.2 Å². The van der Waals surface area contributed by atoms with E-state index in [1.54, 1.807) is 12.1 Å². The molecule has 31 heavy (non-hydrogen) atoms. The van der Waals surface area contributed by atoms with Crippen LogP contribution in [0, 0.1) is 31.5 Å². The molecule has 2 aromatic rings. The number of imide groups is 1. The van der Waals surface area contributed by atoms with Gasteiger partial charge in [-0.25, -0.2) is 4.39 Å². The summed E-state index contributed by atoms with van der Waals surface area (Å²) in [5.41, 5.74) is 4.73. The highest BCUT2D eigenvalue weighted by Gasteiger charge is 2.42. The highest BCUT2D eigenvalue weighted by molar-refractivity contribution is 6.35. The van der Waals surface area contributed by atoms with Gasteiger partial charge in [0.15, 0.2) is 0 Å². The molecule has 162 valence electrons. The number of rotatable bonds is 4. The number of likely N-dealkylation sites (tertiary alicyclic amines) is 1. The smallest absolute Gasteiger partial charge is 0.278 e. The number of nitrogens with zero attached hydrogens (tertiary/aromatic N) is 2. The topological polar surface area (TPSA) is 40.6 Å². The van der Waals surface area contributed by atoms with Crippen LogP contribution in [0.2, 0.25) is 0 Å². The number of benzene rings is 2. The third-order valence-corrected chi connectivity index (χ3v) is 6.38. The highest BCUT2D eigenvalue weighted by atomic mass is 19.1. The molecule has 4 nitrogen and oxygen atoms in total. The zero-order valence-corrected chi connectivity index (χ0v) is 18.6. The SMILES string of the molecule is Cc1ccc(C2=C(N3CC(C)CC(C)C3)C(=O)N(Cc3ccc(F)cc3)C2=O)cc1C. The van der Waals surface area contributed by atoms with Crippen molar-refractivity contribution in [2.24, 2.45) is 11.8 Å². The van der Waals surface area contributed by atoms with Crippen LogP contribution < -0.4 is 0 Å². The van der Waals surface area contributed by atoms with E-state index >= 15 is 0 Å². The van der Waals surface area contributed by atoms with Gasteiger partial charge in [-0.2, -0.15) is 0 Å². The Kier molecular flexibility index (Phi) is 5.69. The van der Waals surface area contributed by atoms with Gasteiger partial charge in [0, 0.05) is 13.1 Å². The van der Waals surface area contributed by atoms with Crippen LogP contribution >= 0.6 is 0 Å². The van der Waals surface area contributed by atoms with Crippen LogP contribution in [0.4, 0.5) is 4.39 Å². The van der Waals surface area contributed by atoms with E-state index in [1.165, 1.54) is 17.0 Å². The Hall–Kier alpha value is -2.95. The van der Waals surface area contributed by atoms with Crippen LogP contribution in [0.1, 0.15) is 42.5 Å². The van der Waals surface area contributed by atoms with Gasteiger partial charge in [-0.15, -0.1) is 0 Å². The van der Waals surface area contributed by atoms with Crippen LogP contribution in [0.5, 0.6) is 0 Å². The molecule has 2 aromatic carbocycles. The summed E-state index contributed by atoms with van der Waals surface area (Å²) in [4.78, 5) is 30.5. The Labute approximate surface area is 183 Å². The second-order valence-corrected chi connectivity index (χ2v) is 9.20. The summed E-state index contributed by atoms with van der Waals surface area (Å²) in [5, 5.41) is 0. The van der Waals surface area contributed by atoms with Crippen molar-refractivity contribution in [3.8, 4) is 0 Å². The Morgan fingerprint density at radius 2 is 1.55 bits per heavy atom. The quantitative estimate of drug-likeness (QED) is 0.673. The second-order valence-electron chi connectivity index (χ2n) is 9.20. The van der Waals surface area contributed by atoms with Crippen LogP contribution in [-0.4, -0.2) is 34.7 Å². The summed E-state index contributed by atoms with van der Waals surface area (Å²) >= 11 is 0. The minimum atomic E-state index is -0.339. The average molecular weight is 421 g/mol. The van der Waals surface area contributed by atoms with Crippen LogP contribution in [0.25, 0.3) is 5.57 Å². The summed E-state index contributed by atoms with van der Waals surface area (Å²) in [6.07, 6.45) is 1.12. The van der Waals surface area contributed by atoms with Gasteiger partial charge in [0.2, 0.25) is 0 Å². The zero-order chi connectivity index (χ0) is 22.3. The van der Waals surface area contributed by atoms with E-state index in [0.29, 0.717) is 23.1 Å². The molecular weight excluding hydrogens is 391 g/mol. The van der Waals surface area contributed by atoms with E-state index in [2.05, 4.69) is 18.7 Å². The predicted molar refractivity (Wildman–Crippen MR) is 119 cm³/mol. The lowest BCUT2D eigenvalue weighted by Crippen LogP contribution is -2.41. The van der Waals surface area contributed by atoms with E-state index in [4.69, 9.17) is 0 Å². The van der Waals surface area contributed by atoms with Crippen molar-refractivity contribution in [2.45, 2.75) is 40.7 Å². The summed E-state index contributed by atoms with van der Waals surface area (Å²) in [7, 11) is 0. The van der Waals surface area contributed by atoms with Crippen molar-refractivity contribution in [1.82, 2.24) is 9.80 Å². The van der Waals surface area contributed by atoms with E-state index in [9.17, 15) is 14.0 Å². The van der Waals surface area contributed by atoms with Crippen molar-refractivity contribution in [3.05, 3.63) is 76.2 Å². The number of amides is 2. The van der Waals surface area contributed by atoms with Gasteiger partial charge >= 0.3 is 0 Å². The molecule has 2 aliphatic rings. The summed E-state index contributed by atoms with van der Waals surface area (Å²) < 4.78 is 13.3. The standard InChI is InChI=1S/C26H29FN2O2/c1-16-11-17(2)14-28(13-16)24-23(21-8-5-18(3)19(4)12-21)25(30)29(26(24)31)15-20-6-9-22(27)10-7-20/h5-10,12,16-17H,11,13-15H2,1-4H3. The number of hydrogen-bond donors (Lipinski definition) is 0. The normalized spacial score (nSPS) is 22.0. The maximum atomic E-state index is 13.6. The number of hydrogen-bond acceptors (Lipinski definition) is 3. The van der Waals surface area contributed by atoms with Gasteiger partial charge in [-0.05, 0) is 66.5 Å². The fraction of sp³-hybridized carbons (Fsp3) is 0.385. The Balaban J connectivity index is 1.76. The number of carbonyl (C=O) groups excluding carboxylic acids is 2. The van der Waals surface area contributed by atoms with Crippen LogP contribution in [-0.2, 0) is 16.1 Å². The molecule has 2 aliphatic heterocycles. The van der Waals surface area contributed by atoms with E-state index < -0.39 is 0 Å². The number of aryl methyl sites for hydroxylation is 2. The molecule has 1 fully saturated rings.